The molecule has 0 aromatic carbocycles. The highest BCUT2D eigenvalue weighted by atomic mass is 16.6. The van der Waals surface area contributed by atoms with Crippen molar-refractivity contribution in [2.24, 2.45) is 7.05 Å². The number of nitrogens with two attached hydrogens (primary N) is 1. The van der Waals surface area contributed by atoms with Crippen LogP contribution in [0.1, 0.15) is 58.3 Å². The molecule has 0 spiro atoms. The second-order valence-electron chi connectivity index (χ2n) is 8.88. The lowest BCUT2D eigenvalue weighted by molar-refractivity contribution is -0.671. The van der Waals surface area contributed by atoms with Gasteiger partial charge in [0.05, 0.1) is 17.9 Å². The second-order valence-corrected chi connectivity index (χ2v) is 8.88. The maximum absolute atomic E-state index is 13.1. The molecule has 0 aliphatic carbocycles. The third-order valence-corrected chi connectivity index (χ3v) is 5.06. The molecule has 0 radical (unpaired) electrons. The van der Waals surface area contributed by atoms with Crippen LogP contribution in [0.3, 0.4) is 0 Å². The fourth-order valence-electron chi connectivity index (χ4n) is 3.69. The van der Waals surface area contributed by atoms with Crippen LogP contribution < -0.4 is 5.32 Å². The van der Waals surface area contributed by atoms with Crippen molar-refractivity contribution in [1.82, 2.24) is 19.6 Å². The Morgan fingerprint density at radius 2 is 2.03 bits per heavy atom. The maximum atomic E-state index is 13.1. The first-order chi connectivity index (χ1) is 14.0. The molecule has 0 saturated carbocycles. The summed E-state index contributed by atoms with van der Waals surface area (Å²) in [6.07, 6.45) is 1.32. The van der Waals surface area contributed by atoms with Gasteiger partial charge in [0.25, 0.3) is 5.91 Å². The Kier molecular flexibility index (Phi) is 8.00. The minimum absolute atomic E-state index is 0.144. The molecule has 2 rings (SSSR count). The third-order valence-electron chi connectivity index (χ3n) is 5.06. The Labute approximate surface area is 178 Å². The van der Waals surface area contributed by atoms with Crippen LogP contribution in [-0.4, -0.2) is 68.8 Å². The summed E-state index contributed by atoms with van der Waals surface area (Å²) in [6.45, 7) is 11.1. The van der Waals surface area contributed by atoms with Crippen molar-refractivity contribution >= 4 is 17.9 Å². The summed E-state index contributed by atoms with van der Waals surface area (Å²) >= 11 is 0. The molecule has 168 valence electrons. The van der Waals surface area contributed by atoms with E-state index in [-0.39, 0.29) is 18.4 Å². The molecule has 1 saturated heterocycles. The van der Waals surface area contributed by atoms with Crippen molar-refractivity contribution < 1.29 is 24.4 Å². The Hall–Kier alpha value is -2.42. The zero-order valence-electron chi connectivity index (χ0n) is 19.1. The quantitative estimate of drug-likeness (QED) is 0.660. The van der Waals surface area contributed by atoms with Crippen LogP contribution in [0.5, 0.6) is 0 Å². The molecule has 1 aliphatic heterocycles. The van der Waals surface area contributed by atoms with Gasteiger partial charge < -0.3 is 15.0 Å². The SMILES string of the molecule is CC(=O)N1CCC[C@@H]1C(=O)N(CCC[NH2+]Cc1cc(C)nn1C)C(=O)OC(C)(C)C. The summed E-state index contributed by atoms with van der Waals surface area (Å²) in [5, 5.41) is 6.47. The number of hydrogen-bond acceptors (Lipinski definition) is 5. The largest absolute Gasteiger partial charge is 0.443 e. The van der Waals surface area contributed by atoms with E-state index in [9.17, 15) is 14.4 Å². The molecule has 2 N–H and O–H groups in total. The van der Waals surface area contributed by atoms with Crippen LogP contribution >= 0.6 is 0 Å². The predicted octanol–water partition coefficient (Wildman–Crippen LogP) is 0.957. The van der Waals surface area contributed by atoms with Crippen LogP contribution in [-0.2, 0) is 27.9 Å². The van der Waals surface area contributed by atoms with Crippen LogP contribution in [0.2, 0.25) is 0 Å². The summed E-state index contributed by atoms with van der Waals surface area (Å²) in [7, 11) is 1.92. The smallest absolute Gasteiger partial charge is 0.417 e. The molecule has 2 heterocycles. The predicted molar refractivity (Wildman–Crippen MR) is 111 cm³/mol. The van der Waals surface area contributed by atoms with E-state index in [4.69, 9.17) is 4.74 Å². The number of carbonyl (C=O) groups is 3. The van der Waals surface area contributed by atoms with E-state index in [1.54, 1.807) is 25.7 Å². The van der Waals surface area contributed by atoms with E-state index in [2.05, 4.69) is 10.4 Å². The summed E-state index contributed by atoms with van der Waals surface area (Å²) in [5.74, 6) is -0.492. The highest BCUT2D eigenvalue weighted by molar-refractivity contribution is 5.97. The summed E-state index contributed by atoms with van der Waals surface area (Å²) in [5.41, 5.74) is 1.40. The number of amides is 3. The minimum atomic E-state index is -0.699. The summed E-state index contributed by atoms with van der Waals surface area (Å²) in [4.78, 5) is 40.5. The van der Waals surface area contributed by atoms with Gasteiger partial charge in [0, 0.05) is 33.5 Å². The average Bonchev–Trinajstić information content (AvgIpc) is 3.22. The van der Waals surface area contributed by atoms with Crippen LogP contribution in [0.4, 0.5) is 4.79 Å². The molecule has 1 aromatic rings. The number of ether oxygens (including phenoxy) is 1. The highest BCUT2D eigenvalue weighted by Gasteiger charge is 2.38. The molecule has 1 aliphatic rings. The molecule has 1 atom stereocenters. The van der Waals surface area contributed by atoms with Crippen molar-refractivity contribution in [3.8, 4) is 0 Å². The highest BCUT2D eigenvalue weighted by Crippen LogP contribution is 2.21. The normalized spacial score (nSPS) is 16.6. The molecule has 30 heavy (non-hydrogen) atoms. The fourth-order valence-corrected chi connectivity index (χ4v) is 3.69. The van der Waals surface area contributed by atoms with Gasteiger partial charge in [-0.15, -0.1) is 0 Å². The minimum Gasteiger partial charge on any atom is -0.443 e. The number of rotatable bonds is 7. The average molecular weight is 423 g/mol. The first kappa shape index (κ1) is 23.9. The summed E-state index contributed by atoms with van der Waals surface area (Å²) in [6, 6.07) is 1.46. The Morgan fingerprint density at radius 1 is 1.33 bits per heavy atom. The second kappa shape index (κ2) is 10.1. The topological polar surface area (TPSA) is 101 Å². The number of hydrogen-bond donors (Lipinski definition) is 1. The molecule has 3 amide bonds. The van der Waals surface area contributed by atoms with Gasteiger partial charge in [0.15, 0.2) is 0 Å². The summed E-state index contributed by atoms with van der Waals surface area (Å²) < 4.78 is 7.32. The number of aryl methyl sites for hydroxylation is 2. The molecule has 1 aromatic heterocycles. The molecule has 9 heteroatoms. The number of likely N-dealkylation sites (tertiary alicyclic amines) is 1. The van der Waals surface area contributed by atoms with E-state index in [1.807, 2.05) is 24.7 Å². The number of quaternary nitrogens is 1. The number of aromatic nitrogens is 2. The van der Waals surface area contributed by atoms with Gasteiger partial charge in [-0.3, -0.25) is 14.3 Å². The van der Waals surface area contributed by atoms with Crippen molar-refractivity contribution in [1.29, 1.82) is 0 Å². The maximum Gasteiger partial charge on any atom is 0.417 e. The van der Waals surface area contributed by atoms with E-state index in [0.29, 0.717) is 19.4 Å². The van der Waals surface area contributed by atoms with Gasteiger partial charge in [-0.25, -0.2) is 9.69 Å². The lowest BCUT2D eigenvalue weighted by Crippen LogP contribution is -2.83. The van der Waals surface area contributed by atoms with Crippen LogP contribution in [0, 0.1) is 6.92 Å². The molecule has 9 nitrogen and oxygen atoms in total. The first-order valence-corrected chi connectivity index (χ1v) is 10.6. The van der Waals surface area contributed by atoms with E-state index >= 15 is 0 Å². The Morgan fingerprint density at radius 3 is 2.60 bits per heavy atom. The van der Waals surface area contributed by atoms with Gasteiger partial charge in [-0.05, 0) is 46.6 Å². The van der Waals surface area contributed by atoms with Crippen LogP contribution in [0.15, 0.2) is 6.07 Å². The zero-order chi connectivity index (χ0) is 22.5. The van der Waals surface area contributed by atoms with E-state index < -0.39 is 17.7 Å². The standard InChI is InChI=1S/C21H35N5O4/c1-15-13-17(24(6)23-15)14-22-10-8-12-26(20(29)30-21(3,4)5)19(28)18-9-7-11-25(18)16(2)27/h13,18,22H,7-12,14H2,1-6H3/p+1/t18-/m1/s1. The number of imide groups is 1. The molecule has 0 bridgehead atoms. The zero-order valence-corrected chi connectivity index (χ0v) is 19.1. The number of nitrogens with zero attached hydrogens (tertiary/aromatic N) is 4. The van der Waals surface area contributed by atoms with Crippen LogP contribution in [0.25, 0.3) is 0 Å². The Bertz CT molecular complexity index is 768. The van der Waals surface area contributed by atoms with Crippen molar-refractivity contribution in [3.63, 3.8) is 0 Å². The van der Waals surface area contributed by atoms with Gasteiger partial charge in [-0.2, -0.15) is 5.10 Å². The van der Waals surface area contributed by atoms with Gasteiger partial charge in [0.2, 0.25) is 5.91 Å². The van der Waals surface area contributed by atoms with Gasteiger partial charge in [0.1, 0.15) is 18.2 Å². The molecular formula is C21H36N5O4+. The van der Waals surface area contributed by atoms with E-state index in [0.717, 1.165) is 30.9 Å². The lowest BCUT2D eigenvalue weighted by atomic mass is 10.2. The molecular weight excluding hydrogens is 386 g/mol. The van der Waals surface area contributed by atoms with Crippen molar-refractivity contribution in [2.45, 2.75) is 72.1 Å². The first-order valence-electron chi connectivity index (χ1n) is 10.6. The van der Waals surface area contributed by atoms with Gasteiger partial charge in [-0.1, -0.05) is 0 Å². The lowest BCUT2D eigenvalue weighted by Gasteiger charge is -2.30. The van der Waals surface area contributed by atoms with Crippen molar-refractivity contribution in [3.05, 3.63) is 17.5 Å². The third kappa shape index (κ3) is 6.55. The van der Waals surface area contributed by atoms with E-state index in [1.165, 1.54) is 11.8 Å². The van der Waals surface area contributed by atoms with Crippen molar-refractivity contribution in [2.75, 3.05) is 19.6 Å². The van der Waals surface area contributed by atoms with Gasteiger partial charge >= 0.3 is 6.09 Å². The number of carbonyl (C=O) groups excluding carboxylic acids is 3. The monoisotopic (exact) mass is 422 g/mol. The fraction of sp³-hybridized carbons (Fsp3) is 0.714. The molecule has 0 unspecified atom stereocenters. The molecule has 1 fully saturated rings. The Balaban J connectivity index is 1.97.